The van der Waals surface area contributed by atoms with Crippen molar-refractivity contribution in [2.75, 3.05) is 19.4 Å². The third-order valence-electron chi connectivity index (χ3n) is 3.14. The summed E-state index contributed by atoms with van der Waals surface area (Å²) in [6.07, 6.45) is 2.05. The molecule has 0 aliphatic carbocycles. The van der Waals surface area contributed by atoms with Crippen molar-refractivity contribution in [1.82, 2.24) is 5.32 Å². The second-order valence-electron chi connectivity index (χ2n) is 8.64. The first-order chi connectivity index (χ1) is 10.0. The Kier molecular flexibility index (Phi) is 7.56. The van der Waals surface area contributed by atoms with Crippen LogP contribution in [0.5, 0.6) is 0 Å². The zero-order valence-electron chi connectivity index (χ0n) is 15.8. The van der Waals surface area contributed by atoms with Crippen LogP contribution in [0.4, 0.5) is 4.79 Å². The van der Waals surface area contributed by atoms with E-state index in [1.807, 2.05) is 20.8 Å². The van der Waals surface area contributed by atoms with Gasteiger partial charge in [-0.3, -0.25) is 4.18 Å². The highest BCUT2D eigenvalue weighted by Crippen LogP contribution is 2.35. The molecule has 0 aromatic heterocycles. The third kappa shape index (κ3) is 13.3. The van der Waals surface area contributed by atoms with Crippen LogP contribution in [-0.4, -0.2) is 39.5 Å². The van der Waals surface area contributed by atoms with Crippen molar-refractivity contribution >= 4 is 16.2 Å². The summed E-state index contributed by atoms with van der Waals surface area (Å²) in [4.78, 5) is 11.7. The summed E-state index contributed by atoms with van der Waals surface area (Å²) in [5.41, 5.74) is -0.772. The lowest BCUT2D eigenvalue weighted by atomic mass is 9.73. The van der Waals surface area contributed by atoms with Crippen LogP contribution in [0.15, 0.2) is 0 Å². The number of carbonyl (C=O) groups excluding carboxylic acids is 1. The van der Waals surface area contributed by atoms with Gasteiger partial charge in [-0.25, -0.2) is 4.79 Å². The van der Waals surface area contributed by atoms with E-state index >= 15 is 0 Å². The summed E-state index contributed by atoms with van der Waals surface area (Å²) < 4.78 is 32.1. The minimum atomic E-state index is -3.40. The summed E-state index contributed by atoms with van der Waals surface area (Å²) in [5, 5.41) is 2.79. The Labute approximate surface area is 141 Å². The van der Waals surface area contributed by atoms with Gasteiger partial charge in [-0.05, 0) is 44.4 Å². The van der Waals surface area contributed by atoms with Gasteiger partial charge in [0.2, 0.25) is 0 Å². The highest BCUT2D eigenvalue weighted by atomic mass is 32.2. The molecular formula is C16H33NO5S. The van der Waals surface area contributed by atoms with Gasteiger partial charge in [0.25, 0.3) is 10.1 Å². The van der Waals surface area contributed by atoms with Crippen LogP contribution >= 0.6 is 0 Å². The van der Waals surface area contributed by atoms with E-state index < -0.39 is 21.8 Å². The molecule has 0 aromatic rings. The summed E-state index contributed by atoms with van der Waals surface area (Å²) in [5.74, 6) is 0. The number of hydrogen-bond acceptors (Lipinski definition) is 5. The molecule has 0 fully saturated rings. The largest absolute Gasteiger partial charge is 0.444 e. The zero-order valence-corrected chi connectivity index (χ0v) is 16.6. The molecule has 6 nitrogen and oxygen atoms in total. The molecule has 0 unspecified atom stereocenters. The topological polar surface area (TPSA) is 81.7 Å². The average Bonchev–Trinajstić information content (AvgIpc) is 2.20. The molecule has 0 radical (unpaired) electrons. The number of nitrogens with one attached hydrogen (secondary N) is 1. The van der Waals surface area contributed by atoms with Crippen molar-refractivity contribution in [3.05, 3.63) is 0 Å². The lowest BCUT2D eigenvalue weighted by Crippen LogP contribution is -2.39. The van der Waals surface area contributed by atoms with Crippen molar-refractivity contribution < 1.29 is 22.1 Å². The maximum Gasteiger partial charge on any atom is 0.407 e. The molecule has 0 bridgehead atoms. The Balaban J connectivity index is 4.39. The molecule has 0 aliphatic rings. The molecule has 0 atom stereocenters. The quantitative estimate of drug-likeness (QED) is 0.678. The molecule has 0 spiro atoms. The van der Waals surface area contributed by atoms with Crippen LogP contribution in [0.3, 0.4) is 0 Å². The molecule has 0 saturated heterocycles. The highest BCUT2D eigenvalue weighted by molar-refractivity contribution is 7.85. The van der Waals surface area contributed by atoms with Gasteiger partial charge in [-0.2, -0.15) is 8.42 Å². The first-order valence-corrected chi connectivity index (χ1v) is 9.64. The fourth-order valence-corrected chi connectivity index (χ4v) is 2.93. The molecule has 0 aromatic carbocycles. The normalized spacial score (nSPS) is 13.7. The standard InChI is InChI=1S/C16H33NO5S/c1-14(2,3)22-13(18)17-12-16(6,7)11-15(4,5)9-10-21-23(8,19)20/h9-12H2,1-8H3,(H,17,18). The van der Waals surface area contributed by atoms with E-state index in [1.54, 1.807) is 0 Å². The first kappa shape index (κ1) is 22.2. The predicted molar refractivity (Wildman–Crippen MR) is 91.8 cm³/mol. The molecule has 138 valence electrons. The molecule has 7 heteroatoms. The molecule has 1 amide bonds. The number of carbonyl (C=O) groups is 1. The van der Waals surface area contributed by atoms with E-state index in [0.29, 0.717) is 13.0 Å². The second kappa shape index (κ2) is 7.83. The molecule has 0 heterocycles. The van der Waals surface area contributed by atoms with Crippen molar-refractivity contribution in [3.8, 4) is 0 Å². The smallest absolute Gasteiger partial charge is 0.407 e. The van der Waals surface area contributed by atoms with E-state index in [0.717, 1.165) is 12.7 Å². The molecule has 23 heavy (non-hydrogen) atoms. The number of amides is 1. The van der Waals surface area contributed by atoms with E-state index in [4.69, 9.17) is 8.92 Å². The molecule has 0 aliphatic heterocycles. The summed E-state index contributed by atoms with van der Waals surface area (Å²) in [6, 6.07) is 0. The van der Waals surface area contributed by atoms with Crippen LogP contribution in [-0.2, 0) is 19.0 Å². The first-order valence-electron chi connectivity index (χ1n) is 7.83. The number of alkyl carbamates (subject to hydrolysis) is 1. The van der Waals surface area contributed by atoms with Gasteiger partial charge in [0, 0.05) is 6.54 Å². The van der Waals surface area contributed by atoms with Crippen LogP contribution in [0.2, 0.25) is 0 Å². The van der Waals surface area contributed by atoms with Crippen LogP contribution in [0.25, 0.3) is 0 Å². The number of hydrogen-bond donors (Lipinski definition) is 1. The van der Waals surface area contributed by atoms with E-state index in [9.17, 15) is 13.2 Å². The van der Waals surface area contributed by atoms with E-state index in [-0.39, 0.29) is 17.4 Å². The van der Waals surface area contributed by atoms with E-state index in [2.05, 4.69) is 33.0 Å². The maximum absolute atomic E-state index is 11.7. The van der Waals surface area contributed by atoms with Gasteiger partial charge < -0.3 is 10.1 Å². The zero-order chi connectivity index (χ0) is 18.5. The summed E-state index contributed by atoms with van der Waals surface area (Å²) in [6.45, 7) is 14.4. The van der Waals surface area contributed by atoms with Crippen LogP contribution in [0.1, 0.15) is 61.3 Å². The van der Waals surface area contributed by atoms with Gasteiger partial charge in [0.15, 0.2) is 0 Å². The monoisotopic (exact) mass is 351 g/mol. The third-order valence-corrected chi connectivity index (χ3v) is 3.74. The van der Waals surface area contributed by atoms with Gasteiger partial charge in [-0.15, -0.1) is 0 Å². The van der Waals surface area contributed by atoms with E-state index in [1.165, 1.54) is 0 Å². The van der Waals surface area contributed by atoms with Crippen molar-refractivity contribution in [1.29, 1.82) is 0 Å². The fourth-order valence-electron chi connectivity index (χ4n) is 2.54. The average molecular weight is 352 g/mol. The van der Waals surface area contributed by atoms with Crippen LogP contribution in [0, 0.1) is 10.8 Å². The minimum absolute atomic E-state index is 0.107. The second-order valence-corrected chi connectivity index (χ2v) is 10.3. The Morgan fingerprint density at radius 1 is 1.00 bits per heavy atom. The van der Waals surface area contributed by atoms with Gasteiger partial charge in [0.05, 0.1) is 12.9 Å². The Bertz CT molecular complexity index is 489. The summed E-state index contributed by atoms with van der Waals surface area (Å²) in [7, 11) is -3.40. The SMILES string of the molecule is CC(C)(CCOS(C)(=O)=O)CC(C)(C)CNC(=O)OC(C)(C)C. The molecule has 0 saturated carbocycles. The molecule has 0 rings (SSSR count). The Morgan fingerprint density at radius 2 is 1.52 bits per heavy atom. The minimum Gasteiger partial charge on any atom is -0.444 e. The Morgan fingerprint density at radius 3 is 1.96 bits per heavy atom. The number of ether oxygens (including phenoxy) is 1. The fraction of sp³-hybridized carbons (Fsp3) is 0.938. The van der Waals surface area contributed by atoms with Crippen molar-refractivity contribution in [3.63, 3.8) is 0 Å². The van der Waals surface area contributed by atoms with Crippen molar-refractivity contribution in [2.24, 2.45) is 10.8 Å². The molecule has 1 N–H and O–H groups in total. The number of rotatable bonds is 8. The van der Waals surface area contributed by atoms with Gasteiger partial charge in [0.1, 0.15) is 5.60 Å². The maximum atomic E-state index is 11.7. The molecular weight excluding hydrogens is 318 g/mol. The van der Waals surface area contributed by atoms with Gasteiger partial charge in [-0.1, -0.05) is 27.7 Å². The summed E-state index contributed by atoms with van der Waals surface area (Å²) >= 11 is 0. The van der Waals surface area contributed by atoms with Crippen LogP contribution < -0.4 is 5.32 Å². The lowest BCUT2D eigenvalue weighted by molar-refractivity contribution is 0.0488. The van der Waals surface area contributed by atoms with Gasteiger partial charge >= 0.3 is 6.09 Å². The van der Waals surface area contributed by atoms with Crippen molar-refractivity contribution in [2.45, 2.75) is 66.9 Å². The predicted octanol–water partition coefficient (Wildman–Crippen LogP) is 3.32. The lowest BCUT2D eigenvalue weighted by Gasteiger charge is -2.35. The highest BCUT2D eigenvalue weighted by Gasteiger charge is 2.30. The Hall–Kier alpha value is -0.820.